The monoisotopic (exact) mass is 417 g/mol. The first-order chi connectivity index (χ1) is 13.5. The van der Waals surface area contributed by atoms with Gasteiger partial charge < -0.3 is 5.32 Å². The summed E-state index contributed by atoms with van der Waals surface area (Å²) in [6.45, 7) is 1.11. The van der Waals surface area contributed by atoms with Crippen molar-refractivity contribution in [3.8, 4) is 11.3 Å². The fourth-order valence-electron chi connectivity index (χ4n) is 2.68. The molecule has 3 aromatic rings. The minimum absolute atomic E-state index is 0.219. The summed E-state index contributed by atoms with van der Waals surface area (Å²) in [5.41, 5.74) is -3.32. The summed E-state index contributed by atoms with van der Waals surface area (Å²) in [5, 5.41) is 7.29. The molecule has 2 aromatic carbocycles. The Hall–Kier alpha value is -3.37. The number of alkyl halides is 3. The molecule has 0 saturated carbocycles. The van der Waals surface area contributed by atoms with E-state index in [4.69, 9.17) is 0 Å². The van der Waals surface area contributed by atoms with Crippen molar-refractivity contribution in [1.82, 2.24) is 10.2 Å². The Bertz CT molecular complexity index is 1080. The van der Waals surface area contributed by atoms with Gasteiger partial charge in [-0.2, -0.15) is 18.3 Å². The SMILES string of the molecule is Cc1c(C(F)(F)F)n[nH]c1-c1ccc(NC(=O)c2c(F)cc(F)cc2F)cc1F. The molecule has 0 saturated heterocycles. The topological polar surface area (TPSA) is 57.8 Å². The molecule has 11 heteroatoms. The predicted molar refractivity (Wildman–Crippen MR) is 88.0 cm³/mol. The molecule has 1 aromatic heterocycles. The maximum absolute atomic E-state index is 14.4. The Morgan fingerprint density at radius 3 is 2.14 bits per heavy atom. The maximum Gasteiger partial charge on any atom is 0.435 e. The van der Waals surface area contributed by atoms with Gasteiger partial charge in [0, 0.05) is 28.9 Å². The normalized spacial score (nSPS) is 11.6. The lowest BCUT2D eigenvalue weighted by molar-refractivity contribution is -0.141. The summed E-state index contributed by atoms with van der Waals surface area (Å²) < 4.78 is 93.1. The quantitative estimate of drug-likeness (QED) is 0.575. The molecule has 0 radical (unpaired) electrons. The number of hydrogen-bond acceptors (Lipinski definition) is 2. The van der Waals surface area contributed by atoms with Crippen LogP contribution in [0.1, 0.15) is 21.6 Å². The molecular formula is C18H10F7N3O. The van der Waals surface area contributed by atoms with Crippen LogP contribution in [0, 0.1) is 30.2 Å². The van der Waals surface area contributed by atoms with Gasteiger partial charge in [0.1, 0.15) is 28.8 Å². The first kappa shape index (κ1) is 20.4. The van der Waals surface area contributed by atoms with Gasteiger partial charge in [0.05, 0.1) is 5.69 Å². The molecule has 4 nitrogen and oxygen atoms in total. The average Bonchev–Trinajstić information content (AvgIpc) is 2.95. The van der Waals surface area contributed by atoms with E-state index in [9.17, 15) is 35.5 Å². The van der Waals surface area contributed by atoms with E-state index in [-0.39, 0.29) is 22.5 Å². The number of hydrogen-bond donors (Lipinski definition) is 2. The summed E-state index contributed by atoms with van der Waals surface area (Å²) in [6, 6.07) is 3.54. The largest absolute Gasteiger partial charge is 0.435 e. The van der Waals surface area contributed by atoms with Crippen LogP contribution in [0.5, 0.6) is 0 Å². The minimum atomic E-state index is -4.73. The average molecular weight is 417 g/mol. The Morgan fingerprint density at radius 2 is 1.62 bits per heavy atom. The predicted octanol–water partition coefficient (Wildman–Crippen LogP) is 5.21. The number of nitrogens with zero attached hydrogens (tertiary/aromatic N) is 1. The molecule has 0 atom stereocenters. The highest BCUT2D eigenvalue weighted by molar-refractivity contribution is 6.04. The molecule has 3 rings (SSSR count). The number of anilines is 1. The lowest BCUT2D eigenvalue weighted by Crippen LogP contribution is -2.16. The highest BCUT2D eigenvalue weighted by Gasteiger charge is 2.37. The molecule has 152 valence electrons. The summed E-state index contributed by atoms with van der Waals surface area (Å²) in [4.78, 5) is 12.0. The van der Waals surface area contributed by atoms with Crippen molar-refractivity contribution in [3.05, 3.63) is 70.4 Å². The molecule has 29 heavy (non-hydrogen) atoms. The first-order valence-corrected chi connectivity index (χ1v) is 7.87. The van der Waals surface area contributed by atoms with Crippen LogP contribution in [0.25, 0.3) is 11.3 Å². The van der Waals surface area contributed by atoms with Crippen LogP contribution in [-0.2, 0) is 6.18 Å². The molecule has 0 aliphatic rings. The van der Waals surface area contributed by atoms with E-state index < -0.39 is 46.6 Å². The van der Waals surface area contributed by atoms with Crippen molar-refractivity contribution >= 4 is 11.6 Å². The van der Waals surface area contributed by atoms with Crippen molar-refractivity contribution in [2.45, 2.75) is 13.1 Å². The Kier molecular flexibility index (Phi) is 5.07. The maximum atomic E-state index is 14.4. The lowest BCUT2D eigenvalue weighted by Gasteiger charge is -2.09. The molecule has 0 unspecified atom stereocenters. The highest BCUT2D eigenvalue weighted by Crippen LogP contribution is 2.35. The fourth-order valence-corrected chi connectivity index (χ4v) is 2.68. The van der Waals surface area contributed by atoms with Crippen molar-refractivity contribution in [2.75, 3.05) is 5.32 Å². The highest BCUT2D eigenvalue weighted by atomic mass is 19.4. The van der Waals surface area contributed by atoms with Gasteiger partial charge in [-0.15, -0.1) is 0 Å². The number of rotatable bonds is 3. The fraction of sp³-hybridized carbons (Fsp3) is 0.111. The zero-order valence-corrected chi connectivity index (χ0v) is 14.4. The van der Waals surface area contributed by atoms with Gasteiger partial charge in [-0.1, -0.05) is 0 Å². The third-order valence-electron chi connectivity index (χ3n) is 4.01. The van der Waals surface area contributed by atoms with E-state index in [0.29, 0.717) is 12.1 Å². The van der Waals surface area contributed by atoms with Gasteiger partial charge in [0.2, 0.25) is 0 Å². The van der Waals surface area contributed by atoms with Gasteiger partial charge >= 0.3 is 6.18 Å². The van der Waals surface area contributed by atoms with Crippen LogP contribution in [0.2, 0.25) is 0 Å². The summed E-state index contributed by atoms with van der Waals surface area (Å²) in [7, 11) is 0. The number of nitrogens with one attached hydrogen (secondary N) is 2. The Labute approximate surface area is 158 Å². The smallest absolute Gasteiger partial charge is 0.322 e. The number of H-pyrrole nitrogens is 1. The Morgan fingerprint density at radius 1 is 1.00 bits per heavy atom. The first-order valence-electron chi connectivity index (χ1n) is 7.87. The molecule has 0 spiro atoms. The zero-order chi connectivity index (χ0) is 21.5. The van der Waals surface area contributed by atoms with Crippen molar-refractivity contribution in [2.24, 2.45) is 0 Å². The molecule has 0 aliphatic carbocycles. The van der Waals surface area contributed by atoms with Crippen molar-refractivity contribution in [1.29, 1.82) is 0 Å². The molecular weight excluding hydrogens is 407 g/mol. The second-order valence-corrected chi connectivity index (χ2v) is 5.96. The summed E-state index contributed by atoms with van der Waals surface area (Å²) in [5.74, 6) is -6.46. The van der Waals surface area contributed by atoms with E-state index in [0.717, 1.165) is 25.1 Å². The van der Waals surface area contributed by atoms with Gasteiger partial charge in [0.15, 0.2) is 5.69 Å². The number of carbonyl (C=O) groups excluding carboxylic acids is 1. The van der Waals surface area contributed by atoms with Gasteiger partial charge in [-0.05, 0) is 25.1 Å². The number of halogens is 7. The van der Waals surface area contributed by atoms with Gasteiger partial charge in [-0.3, -0.25) is 9.89 Å². The van der Waals surface area contributed by atoms with Crippen molar-refractivity contribution in [3.63, 3.8) is 0 Å². The second kappa shape index (κ2) is 7.22. The van der Waals surface area contributed by atoms with E-state index in [1.54, 1.807) is 0 Å². The molecule has 1 amide bonds. The lowest BCUT2D eigenvalue weighted by atomic mass is 10.1. The van der Waals surface area contributed by atoms with Crippen LogP contribution in [0.4, 0.5) is 36.4 Å². The molecule has 1 heterocycles. The second-order valence-electron chi connectivity index (χ2n) is 5.96. The third kappa shape index (κ3) is 3.93. The number of aromatic amines is 1. The summed E-state index contributed by atoms with van der Waals surface area (Å²) in [6.07, 6.45) is -4.73. The molecule has 0 aliphatic heterocycles. The van der Waals surface area contributed by atoms with Crippen LogP contribution in [0.3, 0.4) is 0 Å². The van der Waals surface area contributed by atoms with E-state index in [2.05, 4.69) is 10.2 Å². The Balaban J connectivity index is 1.90. The number of carbonyl (C=O) groups is 1. The van der Waals surface area contributed by atoms with Crippen LogP contribution >= 0.6 is 0 Å². The zero-order valence-electron chi connectivity index (χ0n) is 14.4. The van der Waals surface area contributed by atoms with Gasteiger partial charge in [-0.25, -0.2) is 17.6 Å². The van der Waals surface area contributed by atoms with Crippen molar-refractivity contribution < 1.29 is 35.5 Å². The number of amides is 1. The molecule has 0 fully saturated rings. The number of benzene rings is 2. The van der Waals surface area contributed by atoms with E-state index in [1.165, 1.54) is 0 Å². The third-order valence-corrected chi connectivity index (χ3v) is 4.01. The van der Waals surface area contributed by atoms with Crippen LogP contribution < -0.4 is 5.32 Å². The van der Waals surface area contributed by atoms with Gasteiger partial charge in [0.25, 0.3) is 5.91 Å². The van der Waals surface area contributed by atoms with Crippen LogP contribution in [-0.4, -0.2) is 16.1 Å². The molecule has 2 N–H and O–H groups in total. The minimum Gasteiger partial charge on any atom is -0.322 e. The standard InChI is InChI=1S/C18H10F7N3O/c1-7-15(27-28-16(7)18(23,24)25)10-3-2-9(6-11(10)20)26-17(29)14-12(21)4-8(19)5-13(14)22/h2-6H,1H3,(H,26,29)(H,27,28). The summed E-state index contributed by atoms with van der Waals surface area (Å²) >= 11 is 0. The molecule has 0 bridgehead atoms. The van der Waals surface area contributed by atoms with E-state index in [1.807, 2.05) is 5.32 Å². The van der Waals surface area contributed by atoms with E-state index >= 15 is 0 Å². The van der Waals surface area contributed by atoms with Crippen LogP contribution in [0.15, 0.2) is 30.3 Å². The number of aromatic nitrogens is 2.